The summed E-state index contributed by atoms with van der Waals surface area (Å²) in [6.45, 7) is 0. The van der Waals surface area contributed by atoms with Crippen molar-refractivity contribution in [1.29, 1.82) is 0 Å². The van der Waals surface area contributed by atoms with Crippen molar-refractivity contribution in [3.63, 3.8) is 0 Å². The van der Waals surface area contributed by atoms with E-state index in [0.29, 0.717) is 25.3 Å². The molecule has 2 aromatic carbocycles. The average molecular weight is 423 g/mol. The molecule has 0 unspecified atom stereocenters. The second-order valence-corrected chi connectivity index (χ2v) is 6.87. The van der Waals surface area contributed by atoms with Crippen LogP contribution >= 0.6 is 35.5 Å². The van der Waals surface area contributed by atoms with Gasteiger partial charge in [-0.15, -0.1) is 3.89 Å². The molecule has 0 bridgehead atoms. The molecule has 2 aromatic heterocycles. The lowest BCUT2D eigenvalue weighted by Crippen LogP contribution is -2.27. The third-order valence-electron chi connectivity index (χ3n) is 3.94. The molecule has 0 atom stereocenters. The molecule has 0 spiro atoms. The zero-order chi connectivity index (χ0) is 19.1. The summed E-state index contributed by atoms with van der Waals surface area (Å²) in [4.78, 5) is 30.9. The van der Waals surface area contributed by atoms with Gasteiger partial charge >= 0.3 is 5.69 Å². The maximum absolute atomic E-state index is 13.4. The maximum atomic E-state index is 13.4. The van der Waals surface area contributed by atoms with Gasteiger partial charge in [0, 0.05) is 16.3 Å². The summed E-state index contributed by atoms with van der Waals surface area (Å²) >= 11 is 11.9. The highest BCUT2D eigenvalue weighted by atomic mass is 35.5. The van der Waals surface area contributed by atoms with Gasteiger partial charge < -0.3 is 0 Å². The number of aromatic nitrogens is 4. The molecule has 4 rings (SSSR count). The first-order chi connectivity index (χ1) is 13.0. The fraction of sp³-hybridized carbons (Fsp3) is 0. The molecule has 0 aliphatic heterocycles. The summed E-state index contributed by atoms with van der Waals surface area (Å²) in [5.41, 5.74) is -0.630. The summed E-state index contributed by atoms with van der Waals surface area (Å²) in [6.07, 6.45) is 0. The highest BCUT2D eigenvalue weighted by Crippen LogP contribution is 2.32. The van der Waals surface area contributed by atoms with Crippen LogP contribution in [0.3, 0.4) is 0 Å². The normalized spacial score (nSPS) is 11.2. The molecule has 27 heavy (non-hydrogen) atoms. The van der Waals surface area contributed by atoms with Crippen molar-refractivity contribution in [2.45, 2.75) is 0 Å². The minimum absolute atomic E-state index is 0.0111. The second kappa shape index (κ2) is 6.88. The van der Waals surface area contributed by atoms with Crippen LogP contribution in [-0.2, 0) is 0 Å². The Balaban J connectivity index is 2.20. The van der Waals surface area contributed by atoms with Crippen molar-refractivity contribution in [2.24, 2.45) is 0 Å². The van der Waals surface area contributed by atoms with E-state index in [4.69, 9.17) is 23.2 Å². The van der Waals surface area contributed by atoms with Crippen LogP contribution in [0.2, 0.25) is 10.0 Å². The first-order valence-corrected chi connectivity index (χ1v) is 9.02. The molecule has 136 valence electrons. The number of rotatable bonds is 3. The van der Waals surface area contributed by atoms with Gasteiger partial charge in [0.25, 0.3) is 5.56 Å². The smallest absolute Gasteiger partial charge is 0.286 e. The van der Waals surface area contributed by atoms with Crippen molar-refractivity contribution in [1.82, 2.24) is 18.5 Å². The maximum Gasteiger partial charge on any atom is 0.342 e. The molecule has 10 heteroatoms. The van der Waals surface area contributed by atoms with Crippen molar-refractivity contribution in [3.8, 4) is 17.1 Å². The SMILES string of the molecule is O=c1[nH]c(=O)n(SF)c2nc(-c3ccccc3Cl)n(-c3ccc(Cl)cc3)c12. The summed E-state index contributed by atoms with van der Waals surface area (Å²) in [6, 6.07) is 13.6. The molecular formula is C17H9Cl2FN4O2S. The van der Waals surface area contributed by atoms with Crippen molar-refractivity contribution in [2.75, 3.05) is 0 Å². The highest BCUT2D eigenvalue weighted by molar-refractivity contribution is 7.92. The van der Waals surface area contributed by atoms with E-state index in [-0.39, 0.29) is 29.3 Å². The van der Waals surface area contributed by atoms with Gasteiger partial charge in [-0.25, -0.2) is 9.78 Å². The topological polar surface area (TPSA) is 72.7 Å². The summed E-state index contributed by atoms with van der Waals surface area (Å²) in [5, 5.41) is 0.897. The molecule has 0 amide bonds. The molecule has 0 saturated carbocycles. The Morgan fingerprint density at radius 3 is 2.41 bits per heavy atom. The first kappa shape index (κ1) is 17.8. The predicted molar refractivity (Wildman–Crippen MR) is 106 cm³/mol. The number of nitrogens with zero attached hydrogens (tertiary/aromatic N) is 3. The fourth-order valence-corrected chi connectivity index (χ4v) is 3.43. The molecule has 4 aromatic rings. The van der Waals surface area contributed by atoms with Gasteiger partial charge in [0.1, 0.15) is 5.82 Å². The molecule has 0 fully saturated rings. The minimum atomic E-state index is -0.911. The van der Waals surface area contributed by atoms with E-state index in [9.17, 15) is 13.5 Å². The monoisotopic (exact) mass is 422 g/mol. The lowest BCUT2D eigenvalue weighted by atomic mass is 10.2. The molecule has 0 radical (unpaired) electrons. The Morgan fingerprint density at radius 1 is 1.04 bits per heavy atom. The van der Waals surface area contributed by atoms with Gasteiger partial charge in [-0.2, -0.15) is 3.97 Å². The molecule has 6 nitrogen and oxygen atoms in total. The van der Waals surface area contributed by atoms with Crippen LogP contribution in [0, 0.1) is 0 Å². The summed E-state index contributed by atoms with van der Waals surface area (Å²) in [5.74, 6) is 0.289. The van der Waals surface area contributed by atoms with Gasteiger partial charge in [0.2, 0.25) is 0 Å². The third kappa shape index (κ3) is 2.95. The van der Waals surface area contributed by atoms with E-state index in [2.05, 4.69) is 9.97 Å². The Labute approximate surface area is 165 Å². The van der Waals surface area contributed by atoms with Crippen LogP contribution < -0.4 is 11.2 Å². The van der Waals surface area contributed by atoms with Gasteiger partial charge in [-0.1, -0.05) is 35.3 Å². The number of halogens is 3. The van der Waals surface area contributed by atoms with Crippen molar-refractivity contribution in [3.05, 3.63) is 79.4 Å². The zero-order valence-electron chi connectivity index (χ0n) is 13.3. The van der Waals surface area contributed by atoms with E-state index >= 15 is 0 Å². The third-order valence-corrected chi connectivity index (χ3v) is 5.00. The van der Waals surface area contributed by atoms with Gasteiger partial charge in [-0.05, 0) is 36.4 Å². The van der Waals surface area contributed by atoms with Crippen LogP contribution in [-0.4, -0.2) is 18.5 Å². The lowest BCUT2D eigenvalue weighted by Gasteiger charge is -2.10. The summed E-state index contributed by atoms with van der Waals surface area (Å²) in [7, 11) is 0. The van der Waals surface area contributed by atoms with Crippen LogP contribution in [0.1, 0.15) is 0 Å². The number of hydrogen-bond acceptors (Lipinski definition) is 4. The molecule has 1 N–H and O–H groups in total. The minimum Gasteiger partial charge on any atom is -0.286 e. The van der Waals surface area contributed by atoms with Crippen LogP contribution in [0.15, 0.2) is 58.1 Å². The number of hydrogen-bond donors (Lipinski definition) is 1. The van der Waals surface area contributed by atoms with E-state index in [1.807, 2.05) is 0 Å². The Bertz CT molecular complexity index is 1280. The number of benzene rings is 2. The van der Waals surface area contributed by atoms with Crippen LogP contribution in [0.5, 0.6) is 0 Å². The molecule has 0 aliphatic rings. The quantitative estimate of drug-likeness (QED) is 0.536. The number of aromatic amines is 1. The zero-order valence-corrected chi connectivity index (χ0v) is 15.6. The van der Waals surface area contributed by atoms with Gasteiger partial charge in [-0.3, -0.25) is 14.3 Å². The van der Waals surface area contributed by atoms with Gasteiger partial charge in [0.05, 0.1) is 5.02 Å². The van der Waals surface area contributed by atoms with Crippen LogP contribution in [0.25, 0.3) is 28.2 Å². The van der Waals surface area contributed by atoms with Crippen LogP contribution in [0.4, 0.5) is 3.89 Å². The standard InChI is InChI=1S/C17H9Cl2FN4O2S/c18-9-5-7-10(8-6-9)23-13-15(24(27-20)17(26)22-16(13)25)21-14(23)11-3-1-2-4-12(11)19/h1-8H,(H,22,25,26). The Kier molecular flexibility index (Phi) is 4.55. The largest absolute Gasteiger partial charge is 0.342 e. The Morgan fingerprint density at radius 2 is 1.74 bits per heavy atom. The van der Waals surface area contributed by atoms with E-state index < -0.39 is 11.2 Å². The lowest BCUT2D eigenvalue weighted by molar-refractivity contribution is 0.896. The van der Waals surface area contributed by atoms with E-state index in [0.717, 1.165) is 0 Å². The van der Waals surface area contributed by atoms with Crippen molar-refractivity contribution < 1.29 is 3.89 Å². The van der Waals surface area contributed by atoms with E-state index in [1.54, 1.807) is 48.5 Å². The Hall–Kier alpha value is -2.55. The average Bonchev–Trinajstić information content (AvgIpc) is 3.03. The molecule has 0 aliphatic carbocycles. The highest BCUT2D eigenvalue weighted by Gasteiger charge is 2.22. The van der Waals surface area contributed by atoms with Crippen molar-refractivity contribution >= 4 is 46.7 Å². The number of imidazole rings is 1. The predicted octanol–water partition coefficient (Wildman–Crippen LogP) is 4.23. The number of fused-ring (bicyclic) bond motifs is 1. The van der Waals surface area contributed by atoms with Gasteiger partial charge in [0.15, 0.2) is 23.5 Å². The second-order valence-electron chi connectivity index (χ2n) is 5.52. The fourth-order valence-electron chi connectivity index (χ4n) is 2.79. The first-order valence-electron chi connectivity index (χ1n) is 7.59. The number of nitrogens with one attached hydrogen (secondary N) is 1. The van der Waals surface area contributed by atoms with E-state index in [1.165, 1.54) is 4.57 Å². The molecule has 2 heterocycles. The summed E-state index contributed by atoms with van der Waals surface area (Å²) < 4.78 is 15.6. The number of H-pyrrole nitrogens is 1. The molecule has 0 saturated heterocycles. The molecular weight excluding hydrogens is 414 g/mol.